The molecule has 0 spiro atoms. The molecule has 21 heavy (non-hydrogen) atoms. The molecule has 0 heterocycles. The zero-order valence-corrected chi connectivity index (χ0v) is 13.5. The molecule has 1 rings (SSSR count). The van der Waals surface area contributed by atoms with Gasteiger partial charge in [0.15, 0.2) is 0 Å². The average molecular weight is 312 g/mol. The molecule has 1 aromatic carbocycles. The minimum Gasteiger partial charge on any atom is -0.398 e. The van der Waals surface area contributed by atoms with Gasteiger partial charge in [-0.25, -0.2) is 8.42 Å². The average Bonchev–Trinajstić information content (AvgIpc) is 2.46. The molecule has 0 unspecified atom stereocenters. The first-order valence-electron chi connectivity index (χ1n) is 7.05. The van der Waals surface area contributed by atoms with Crippen LogP contribution in [0.4, 0.5) is 5.69 Å². The number of nitrogens with zero attached hydrogens (tertiary/aromatic N) is 1. The van der Waals surface area contributed by atoms with Gasteiger partial charge in [-0.15, -0.1) is 6.58 Å². The molecule has 0 atom stereocenters. The van der Waals surface area contributed by atoms with Crippen molar-refractivity contribution in [2.24, 2.45) is 0 Å². The van der Waals surface area contributed by atoms with Crippen molar-refractivity contribution in [1.82, 2.24) is 4.31 Å². The Morgan fingerprint density at radius 2 is 2.00 bits per heavy atom. The maximum absolute atomic E-state index is 12.8. The highest BCUT2D eigenvalue weighted by molar-refractivity contribution is 7.89. The molecule has 0 radical (unpaired) electrons. The van der Waals surface area contributed by atoms with Gasteiger partial charge in [0, 0.05) is 18.8 Å². The minimum absolute atomic E-state index is 0.0355. The lowest BCUT2D eigenvalue weighted by Crippen LogP contribution is -2.34. The first kappa shape index (κ1) is 17.7. The molecule has 1 aromatic rings. The molecular weight excluding hydrogens is 288 g/mol. The van der Waals surface area contributed by atoms with Gasteiger partial charge in [-0.3, -0.25) is 0 Å². The number of hydrogen-bond donors (Lipinski definition) is 2. The fourth-order valence-corrected chi connectivity index (χ4v) is 4.02. The van der Waals surface area contributed by atoms with Crippen LogP contribution in [0.2, 0.25) is 0 Å². The van der Waals surface area contributed by atoms with Gasteiger partial charge in [0.05, 0.1) is 11.5 Å². The topological polar surface area (TPSA) is 83.6 Å². The van der Waals surface area contributed by atoms with Crippen LogP contribution in [0.25, 0.3) is 0 Å². The Balaban J connectivity index is 3.47. The van der Waals surface area contributed by atoms with Crippen LogP contribution >= 0.6 is 0 Å². The number of nitrogens with two attached hydrogens (primary N) is 1. The number of aryl methyl sites for hydroxylation is 1. The molecule has 6 heteroatoms. The largest absolute Gasteiger partial charge is 0.398 e. The van der Waals surface area contributed by atoms with E-state index in [2.05, 4.69) is 6.58 Å². The first-order chi connectivity index (χ1) is 9.92. The van der Waals surface area contributed by atoms with Gasteiger partial charge in [0.25, 0.3) is 0 Å². The number of aliphatic hydroxyl groups excluding tert-OH is 1. The lowest BCUT2D eigenvalue weighted by molar-refractivity contribution is 0.260. The van der Waals surface area contributed by atoms with Crippen LogP contribution in [-0.4, -0.2) is 37.5 Å². The van der Waals surface area contributed by atoms with Crippen LogP contribution in [0.5, 0.6) is 0 Å². The molecule has 0 aliphatic heterocycles. The van der Waals surface area contributed by atoms with Crippen molar-refractivity contribution in [1.29, 1.82) is 0 Å². The summed E-state index contributed by atoms with van der Waals surface area (Å²) in [7, 11) is -3.70. The third-order valence-corrected chi connectivity index (χ3v) is 5.30. The first-order valence-corrected chi connectivity index (χ1v) is 8.49. The van der Waals surface area contributed by atoms with E-state index in [9.17, 15) is 8.42 Å². The Bertz CT molecular complexity index is 597. The van der Waals surface area contributed by atoms with E-state index in [0.717, 1.165) is 5.56 Å². The monoisotopic (exact) mass is 312 g/mol. The Morgan fingerprint density at radius 3 is 2.48 bits per heavy atom. The summed E-state index contributed by atoms with van der Waals surface area (Å²) >= 11 is 0. The van der Waals surface area contributed by atoms with E-state index in [0.29, 0.717) is 24.1 Å². The second-order valence-corrected chi connectivity index (χ2v) is 6.65. The van der Waals surface area contributed by atoms with Gasteiger partial charge in [-0.05, 0) is 36.1 Å². The fourth-order valence-electron chi connectivity index (χ4n) is 2.24. The summed E-state index contributed by atoms with van der Waals surface area (Å²) in [6.45, 7) is 7.35. The Kier molecular flexibility index (Phi) is 6.39. The lowest BCUT2D eigenvalue weighted by Gasteiger charge is -2.22. The maximum atomic E-state index is 12.8. The molecule has 3 N–H and O–H groups in total. The van der Waals surface area contributed by atoms with E-state index < -0.39 is 10.0 Å². The Hall–Kier alpha value is -1.37. The van der Waals surface area contributed by atoms with Crippen molar-refractivity contribution >= 4 is 15.7 Å². The van der Waals surface area contributed by atoms with Crippen molar-refractivity contribution in [3.8, 4) is 0 Å². The van der Waals surface area contributed by atoms with Crippen LogP contribution in [-0.2, 0) is 22.9 Å². The highest BCUT2D eigenvalue weighted by Crippen LogP contribution is 2.27. The van der Waals surface area contributed by atoms with E-state index in [1.54, 1.807) is 6.07 Å². The summed E-state index contributed by atoms with van der Waals surface area (Å²) in [4.78, 5) is 0.233. The third kappa shape index (κ3) is 3.84. The molecule has 0 amide bonds. The zero-order valence-electron chi connectivity index (χ0n) is 12.7. The maximum Gasteiger partial charge on any atom is 0.243 e. The van der Waals surface area contributed by atoms with Crippen LogP contribution in [0.3, 0.4) is 0 Å². The SMILES string of the molecule is C=CCN(CCO)S(=O)(=O)c1cc(CC)cc(N)c1CC. The molecule has 5 nitrogen and oxygen atoms in total. The van der Waals surface area contributed by atoms with Gasteiger partial charge >= 0.3 is 0 Å². The van der Waals surface area contributed by atoms with Crippen molar-refractivity contribution in [2.75, 3.05) is 25.4 Å². The molecule has 118 valence electrons. The Morgan fingerprint density at radius 1 is 1.33 bits per heavy atom. The van der Waals surface area contributed by atoms with E-state index in [1.165, 1.54) is 10.4 Å². The summed E-state index contributed by atoms with van der Waals surface area (Å²) in [6, 6.07) is 3.50. The number of hydrogen-bond acceptors (Lipinski definition) is 4. The van der Waals surface area contributed by atoms with Crippen LogP contribution in [0, 0.1) is 0 Å². The van der Waals surface area contributed by atoms with Crippen molar-refractivity contribution in [2.45, 2.75) is 31.6 Å². The standard InChI is InChI=1S/C15H24N2O3S/c1-4-7-17(8-9-18)21(19,20)15-11-12(5-2)10-14(16)13(15)6-3/h4,10-11,18H,1,5-9,16H2,2-3H3. The summed E-state index contributed by atoms with van der Waals surface area (Å²) in [5, 5.41) is 9.09. The summed E-state index contributed by atoms with van der Waals surface area (Å²) in [5.74, 6) is 0. The second-order valence-electron chi connectivity index (χ2n) is 4.74. The molecular formula is C15H24N2O3S. The lowest BCUT2D eigenvalue weighted by atomic mass is 10.1. The van der Waals surface area contributed by atoms with Crippen LogP contribution in [0.1, 0.15) is 25.0 Å². The number of nitrogen functional groups attached to an aromatic ring is 1. The molecule has 0 aromatic heterocycles. The number of rotatable bonds is 8. The molecule has 0 saturated heterocycles. The van der Waals surface area contributed by atoms with Gasteiger partial charge < -0.3 is 10.8 Å². The van der Waals surface area contributed by atoms with Crippen molar-refractivity contribution < 1.29 is 13.5 Å². The minimum atomic E-state index is -3.70. The summed E-state index contributed by atoms with van der Waals surface area (Å²) in [5.41, 5.74) is 8.00. The number of benzene rings is 1. The van der Waals surface area contributed by atoms with Crippen LogP contribution < -0.4 is 5.73 Å². The smallest absolute Gasteiger partial charge is 0.243 e. The number of anilines is 1. The number of sulfonamides is 1. The van der Waals surface area contributed by atoms with Gasteiger partial charge in [-0.2, -0.15) is 4.31 Å². The van der Waals surface area contributed by atoms with Gasteiger partial charge in [0.1, 0.15) is 0 Å². The molecule has 0 aliphatic rings. The predicted molar refractivity (Wildman–Crippen MR) is 85.7 cm³/mol. The van der Waals surface area contributed by atoms with Gasteiger partial charge in [-0.1, -0.05) is 19.9 Å². The van der Waals surface area contributed by atoms with Crippen molar-refractivity contribution in [3.05, 3.63) is 35.9 Å². The zero-order chi connectivity index (χ0) is 16.0. The fraction of sp³-hybridized carbons (Fsp3) is 0.467. The normalized spacial score (nSPS) is 11.8. The van der Waals surface area contributed by atoms with E-state index in [1.807, 2.05) is 19.9 Å². The number of aliphatic hydroxyl groups is 1. The molecule has 0 fully saturated rings. The highest BCUT2D eigenvalue weighted by Gasteiger charge is 2.26. The summed E-state index contributed by atoms with van der Waals surface area (Å²) < 4.78 is 26.9. The van der Waals surface area contributed by atoms with E-state index in [4.69, 9.17) is 10.8 Å². The van der Waals surface area contributed by atoms with Crippen LogP contribution in [0.15, 0.2) is 29.7 Å². The molecule has 0 aliphatic carbocycles. The van der Waals surface area contributed by atoms with E-state index in [-0.39, 0.29) is 24.6 Å². The van der Waals surface area contributed by atoms with E-state index >= 15 is 0 Å². The summed E-state index contributed by atoms with van der Waals surface area (Å²) in [6.07, 6.45) is 2.75. The quantitative estimate of drug-likeness (QED) is 0.563. The molecule has 0 saturated carbocycles. The second kappa shape index (κ2) is 7.59. The van der Waals surface area contributed by atoms with Gasteiger partial charge in [0.2, 0.25) is 10.0 Å². The highest BCUT2D eigenvalue weighted by atomic mass is 32.2. The molecule has 0 bridgehead atoms. The predicted octanol–water partition coefficient (Wildman–Crippen LogP) is 1.56. The Labute approximate surface area is 127 Å². The van der Waals surface area contributed by atoms with Crippen molar-refractivity contribution in [3.63, 3.8) is 0 Å². The third-order valence-electron chi connectivity index (χ3n) is 3.37.